The van der Waals surface area contributed by atoms with E-state index in [2.05, 4.69) is 4.98 Å². The number of hydrogen-bond acceptors (Lipinski definition) is 6. The molecule has 0 saturated carbocycles. The largest absolute Gasteiger partial charge is 0.507 e. The van der Waals surface area contributed by atoms with Gasteiger partial charge in [0.1, 0.15) is 19.0 Å². The van der Waals surface area contributed by atoms with Crippen molar-refractivity contribution < 1.29 is 24.2 Å². The number of nitrogens with zero attached hydrogens (tertiary/aromatic N) is 3. The first kappa shape index (κ1) is 21.8. The van der Waals surface area contributed by atoms with E-state index in [1.165, 1.54) is 0 Å². The summed E-state index contributed by atoms with van der Waals surface area (Å²) in [6, 6.07) is 12.0. The third kappa shape index (κ3) is 4.03. The van der Waals surface area contributed by atoms with Crippen molar-refractivity contribution in [3.63, 3.8) is 0 Å². The second-order valence-corrected chi connectivity index (χ2v) is 8.42. The second kappa shape index (κ2) is 9.05. The maximum Gasteiger partial charge on any atom is 0.295 e. The summed E-state index contributed by atoms with van der Waals surface area (Å²) in [5, 5.41) is 11.3. The van der Waals surface area contributed by atoms with Gasteiger partial charge in [0.05, 0.1) is 17.9 Å². The molecule has 1 aromatic heterocycles. The van der Waals surface area contributed by atoms with Gasteiger partial charge in [-0.3, -0.25) is 9.59 Å². The lowest BCUT2D eigenvalue weighted by molar-refractivity contribution is -0.139. The van der Waals surface area contributed by atoms with Gasteiger partial charge in [0, 0.05) is 31.0 Å². The highest BCUT2D eigenvalue weighted by Crippen LogP contribution is 2.41. The molecule has 8 nitrogen and oxygen atoms in total. The summed E-state index contributed by atoms with van der Waals surface area (Å²) in [6.45, 7) is 3.85. The SMILES string of the molecule is Cc1ccc([C@@H]2/C(=C(\O)c3ccc4c(c3)OCCO4)C(=O)C(=O)N2CCCn2ccnc2)cc1. The first-order valence-electron chi connectivity index (χ1n) is 11.2. The Morgan fingerprint density at radius 3 is 2.56 bits per heavy atom. The standard InChI is InChI=1S/C26H25N3O5/c1-17-3-5-18(6-4-17)23-22(24(30)19-7-8-20-21(15-19)34-14-13-33-20)25(31)26(32)29(23)11-2-10-28-12-9-27-16-28/h3-9,12,15-16,23,30H,2,10-11,13-14H2,1H3/b24-22+/t23-/m1/s1. The number of rotatable bonds is 6. The molecule has 0 unspecified atom stereocenters. The van der Waals surface area contributed by atoms with Crippen LogP contribution in [0.4, 0.5) is 0 Å². The maximum atomic E-state index is 13.2. The van der Waals surface area contributed by atoms with Crippen LogP contribution in [-0.4, -0.2) is 51.0 Å². The first-order chi connectivity index (χ1) is 16.5. The van der Waals surface area contributed by atoms with Gasteiger partial charge in [-0.1, -0.05) is 29.8 Å². The van der Waals surface area contributed by atoms with E-state index in [4.69, 9.17) is 9.47 Å². The molecule has 0 bridgehead atoms. The fourth-order valence-electron chi connectivity index (χ4n) is 4.39. The van der Waals surface area contributed by atoms with Crippen molar-refractivity contribution in [2.45, 2.75) is 25.9 Å². The van der Waals surface area contributed by atoms with Gasteiger partial charge in [0.25, 0.3) is 11.7 Å². The van der Waals surface area contributed by atoms with Crippen molar-refractivity contribution in [3.05, 3.63) is 83.4 Å². The van der Waals surface area contributed by atoms with Crippen LogP contribution in [0.25, 0.3) is 5.76 Å². The molecular formula is C26H25N3O5. The molecular weight excluding hydrogens is 434 g/mol. The lowest BCUT2D eigenvalue weighted by Crippen LogP contribution is -2.31. The summed E-state index contributed by atoms with van der Waals surface area (Å²) in [5.74, 6) is -0.455. The Hall–Kier alpha value is -4.07. The summed E-state index contributed by atoms with van der Waals surface area (Å²) in [4.78, 5) is 31.9. The van der Waals surface area contributed by atoms with Gasteiger partial charge in [-0.25, -0.2) is 4.98 Å². The van der Waals surface area contributed by atoms with Crippen molar-refractivity contribution in [2.75, 3.05) is 19.8 Å². The molecule has 0 radical (unpaired) electrons. The van der Waals surface area contributed by atoms with Crippen LogP contribution in [0.5, 0.6) is 11.5 Å². The van der Waals surface area contributed by atoms with Crippen molar-refractivity contribution >= 4 is 17.4 Å². The Morgan fingerprint density at radius 1 is 1.06 bits per heavy atom. The Morgan fingerprint density at radius 2 is 1.82 bits per heavy atom. The van der Waals surface area contributed by atoms with Crippen LogP contribution in [-0.2, 0) is 16.1 Å². The topological polar surface area (TPSA) is 93.9 Å². The van der Waals surface area contributed by atoms with Gasteiger partial charge >= 0.3 is 0 Å². The van der Waals surface area contributed by atoms with E-state index in [-0.39, 0.29) is 11.3 Å². The van der Waals surface area contributed by atoms with Crippen LogP contribution in [0.1, 0.15) is 29.2 Å². The number of carbonyl (C=O) groups excluding carboxylic acids is 2. The highest BCUT2D eigenvalue weighted by Gasteiger charge is 2.45. The number of ether oxygens (including phenoxy) is 2. The van der Waals surface area contributed by atoms with Gasteiger partial charge in [-0.15, -0.1) is 0 Å². The zero-order valence-corrected chi connectivity index (χ0v) is 18.8. The number of benzene rings is 2. The molecule has 34 heavy (non-hydrogen) atoms. The molecule has 0 spiro atoms. The van der Waals surface area contributed by atoms with Gasteiger partial charge in [-0.2, -0.15) is 0 Å². The quantitative estimate of drug-likeness (QED) is 0.345. The van der Waals surface area contributed by atoms with Gasteiger partial charge in [-0.05, 0) is 37.1 Å². The smallest absolute Gasteiger partial charge is 0.295 e. The Balaban J connectivity index is 1.53. The Labute approximate surface area is 197 Å². The Bertz CT molecular complexity index is 1250. The van der Waals surface area contributed by atoms with E-state index in [1.807, 2.05) is 42.0 Å². The van der Waals surface area contributed by atoms with Crippen LogP contribution in [0, 0.1) is 6.92 Å². The van der Waals surface area contributed by atoms with E-state index < -0.39 is 17.7 Å². The fraction of sp³-hybridized carbons (Fsp3) is 0.269. The lowest BCUT2D eigenvalue weighted by Gasteiger charge is -2.25. The molecule has 5 rings (SSSR count). The molecule has 1 saturated heterocycles. The van der Waals surface area contributed by atoms with Crippen molar-refractivity contribution in [1.29, 1.82) is 0 Å². The van der Waals surface area contributed by atoms with Crippen LogP contribution in [0.2, 0.25) is 0 Å². The number of hydrogen-bond donors (Lipinski definition) is 1. The minimum Gasteiger partial charge on any atom is -0.507 e. The summed E-state index contributed by atoms with van der Waals surface area (Å²) in [6.07, 6.45) is 5.91. The number of carbonyl (C=O) groups is 2. The van der Waals surface area contributed by atoms with Crippen LogP contribution in [0.3, 0.4) is 0 Å². The molecule has 2 aliphatic rings. The monoisotopic (exact) mass is 459 g/mol. The summed E-state index contributed by atoms with van der Waals surface area (Å²) in [7, 11) is 0. The molecule has 3 aromatic rings. The number of Topliss-reactive ketones (excluding diaryl/α,β-unsaturated/α-hetero) is 1. The predicted octanol–water partition coefficient (Wildman–Crippen LogP) is 3.47. The number of aryl methyl sites for hydroxylation is 2. The van der Waals surface area contributed by atoms with Crippen molar-refractivity contribution in [3.8, 4) is 11.5 Å². The number of likely N-dealkylation sites (tertiary alicyclic amines) is 1. The average Bonchev–Trinajstić information content (AvgIpc) is 3.46. The highest BCUT2D eigenvalue weighted by molar-refractivity contribution is 6.46. The van der Waals surface area contributed by atoms with E-state index >= 15 is 0 Å². The molecule has 1 N–H and O–H groups in total. The third-order valence-electron chi connectivity index (χ3n) is 6.12. The summed E-state index contributed by atoms with van der Waals surface area (Å²) < 4.78 is 13.1. The second-order valence-electron chi connectivity index (χ2n) is 8.42. The molecule has 1 fully saturated rings. The maximum absolute atomic E-state index is 13.2. The number of aliphatic hydroxyl groups excluding tert-OH is 1. The van der Waals surface area contributed by atoms with E-state index in [1.54, 1.807) is 35.6 Å². The molecule has 0 aliphatic carbocycles. The van der Waals surface area contributed by atoms with Crippen LogP contribution < -0.4 is 9.47 Å². The van der Waals surface area contributed by atoms with Gasteiger partial charge < -0.3 is 24.0 Å². The van der Waals surface area contributed by atoms with Crippen molar-refractivity contribution in [1.82, 2.24) is 14.5 Å². The van der Waals surface area contributed by atoms with Gasteiger partial charge in [0.15, 0.2) is 11.5 Å². The molecule has 8 heteroatoms. The number of ketones is 1. The number of aromatic nitrogens is 2. The average molecular weight is 460 g/mol. The third-order valence-corrected chi connectivity index (χ3v) is 6.12. The summed E-state index contributed by atoms with van der Waals surface area (Å²) in [5.41, 5.74) is 2.31. The minimum absolute atomic E-state index is 0.0770. The van der Waals surface area contributed by atoms with Crippen LogP contribution >= 0.6 is 0 Å². The fourth-order valence-corrected chi connectivity index (χ4v) is 4.39. The normalized spacial score (nSPS) is 19.0. The number of amides is 1. The predicted molar refractivity (Wildman–Crippen MR) is 124 cm³/mol. The molecule has 2 aromatic carbocycles. The highest BCUT2D eigenvalue weighted by atomic mass is 16.6. The van der Waals surface area contributed by atoms with Gasteiger partial charge in [0.2, 0.25) is 0 Å². The molecule has 1 amide bonds. The van der Waals surface area contributed by atoms with Crippen LogP contribution in [0.15, 0.2) is 66.8 Å². The molecule has 174 valence electrons. The zero-order valence-electron chi connectivity index (χ0n) is 18.8. The number of aliphatic hydroxyl groups is 1. The lowest BCUT2D eigenvalue weighted by atomic mass is 9.94. The van der Waals surface area contributed by atoms with Crippen molar-refractivity contribution in [2.24, 2.45) is 0 Å². The van der Waals surface area contributed by atoms with E-state index in [0.717, 1.165) is 11.1 Å². The molecule has 1 atom stereocenters. The summed E-state index contributed by atoms with van der Waals surface area (Å²) >= 11 is 0. The minimum atomic E-state index is -0.694. The molecule has 3 heterocycles. The van der Waals surface area contributed by atoms with E-state index in [0.29, 0.717) is 49.8 Å². The number of imidazole rings is 1. The first-order valence-corrected chi connectivity index (χ1v) is 11.2. The zero-order chi connectivity index (χ0) is 23.7. The van der Waals surface area contributed by atoms with E-state index in [9.17, 15) is 14.7 Å². The number of fused-ring (bicyclic) bond motifs is 1. The Kier molecular flexibility index (Phi) is 5.79. The molecule has 2 aliphatic heterocycles.